The molecule has 1 aliphatic rings. The minimum atomic E-state index is -4.91. The molecule has 202 valence electrons. The summed E-state index contributed by atoms with van der Waals surface area (Å²) in [5.41, 5.74) is -1.94. The van der Waals surface area contributed by atoms with Gasteiger partial charge in [-0.05, 0) is 48.2 Å². The Morgan fingerprint density at radius 3 is 2.58 bits per heavy atom. The van der Waals surface area contributed by atoms with Crippen LogP contribution in [0.5, 0.6) is 0 Å². The number of fused-ring (bicyclic) bond motifs is 1. The Kier molecular flexibility index (Phi) is 5.75. The third-order valence-corrected chi connectivity index (χ3v) is 6.66. The van der Waals surface area contributed by atoms with Crippen LogP contribution in [0.1, 0.15) is 42.1 Å². The monoisotopic (exact) mass is 555 g/mol. The van der Waals surface area contributed by atoms with Crippen molar-refractivity contribution in [1.29, 1.82) is 5.26 Å². The highest BCUT2D eigenvalue weighted by Crippen LogP contribution is 2.42. The van der Waals surface area contributed by atoms with E-state index in [1.54, 1.807) is 12.1 Å². The zero-order valence-electron chi connectivity index (χ0n) is 20.0. The first-order valence-corrected chi connectivity index (χ1v) is 11.8. The molecular weight excluding hydrogens is 540 g/mol. The predicted octanol–water partition coefficient (Wildman–Crippen LogP) is 5.94. The SMILES string of the molecule is N#Cc1c[nH]c2c(=O)n(-c3cc(-c4ccc(F)cc4-c4nncn4C(F)F)cc(C4CC4)n3)cc(C(F)(F)F)c12. The molecule has 1 saturated carbocycles. The lowest BCUT2D eigenvalue weighted by molar-refractivity contribution is -0.136. The maximum Gasteiger partial charge on any atom is 0.418 e. The average Bonchev–Trinajstić information content (AvgIpc) is 3.48. The molecule has 0 atom stereocenters. The first-order chi connectivity index (χ1) is 19.1. The van der Waals surface area contributed by atoms with Gasteiger partial charge in [-0.3, -0.25) is 13.9 Å². The largest absolute Gasteiger partial charge is 0.418 e. The van der Waals surface area contributed by atoms with Gasteiger partial charge in [-0.15, -0.1) is 10.2 Å². The molecule has 1 N–H and O–H groups in total. The molecule has 4 heterocycles. The Hall–Kier alpha value is -4.93. The van der Waals surface area contributed by atoms with E-state index < -0.39 is 40.6 Å². The molecule has 1 aliphatic carbocycles. The number of hydrogen-bond donors (Lipinski definition) is 1. The average molecular weight is 555 g/mol. The van der Waals surface area contributed by atoms with E-state index in [0.717, 1.165) is 42.1 Å². The smallest absolute Gasteiger partial charge is 0.355 e. The van der Waals surface area contributed by atoms with Gasteiger partial charge in [-0.2, -0.15) is 27.2 Å². The standard InChI is InChI=1S/C26H15F6N7O/c27-15-3-4-16(17(7-15)23-37-35-11-39(23)25(28)29)13-5-19(12-1-2-12)36-20(6-13)38-10-18(26(30,31)32)21-14(8-33)9-34-22(21)24(38)40/h3-7,9-12,25,34H,1-2H2. The number of H-pyrrole nitrogens is 1. The van der Waals surface area contributed by atoms with Crippen LogP contribution in [0, 0.1) is 17.1 Å². The molecule has 0 amide bonds. The Morgan fingerprint density at radius 2 is 1.90 bits per heavy atom. The van der Waals surface area contributed by atoms with E-state index in [0.29, 0.717) is 16.5 Å². The quantitative estimate of drug-likeness (QED) is 0.270. The van der Waals surface area contributed by atoms with Gasteiger partial charge in [-0.25, -0.2) is 9.37 Å². The molecule has 0 radical (unpaired) electrons. The van der Waals surface area contributed by atoms with Crippen molar-refractivity contribution in [1.82, 2.24) is 29.3 Å². The number of aromatic nitrogens is 6. The number of rotatable bonds is 5. The maximum absolute atomic E-state index is 14.3. The second kappa shape index (κ2) is 9.08. The van der Waals surface area contributed by atoms with E-state index >= 15 is 0 Å². The molecule has 0 unspecified atom stereocenters. The van der Waals surface area contributed by atoms with Crippen LogP contribution in [-0.4, -0.2) is 29.3 Å². The van der Waals surface area contributed by atoms with E-state index in [4.69, 9.17) is 0 Å². The molecule has 0 spiro atoms. The Labute approximate surface area is 220 Å². The number of nitrogens with zero attached hydrogens (tertiary/aromatic N) is 6. The van der Waals surface area contributed by atoms with Gasteiger partial charge in [0.05, 0.1) is 11.1 Å². The van der Waals surface area contributed by atoms with Gasteiger partial charge in [0.1, 0.15) is 29.5 Å². The van der Waals surface area contributed by atoms with Gasteiger partial charge in [0.15, 0.2) is 5.82 Å². The van der Waals surface area contributed by atoms with Crippen LogP contribution in [0.3, 0.4) is 0 Å². The van der Waals surface area contributed by atoms with E-state index in [2.05, 4.69) is 20.2 Å². The second-order valence-corrected chi connectivity index (χ2v) is 9.22. The molecule has 5 aromatic rings. The zero-order valence-corrected chi connectivity index (χ0v) is 20.0. The molecule has 0 bridgehead atoms. The van der Waals surface area contributed by atoms with Crippen LogP contribution in [0.25, 0.3) is 39.2 Å². The maximum atomic E-state index is 14.3. The van der Waals surface area contributed by atoms with Crippen molar-refractivity contribution in [3.8, 4) is 34.4 Å². The molecule has 1 aromatic carbocycles. The molecule has 8 nitrogen and oxygen atoms in total. The summed E-state index contributed by atoms with van der Waals surface area (Å²) in [6.07, 6.45) is -1.02. The van der Waals surface area contributed by atoms with Crippen LogP contribution in [0.15, 0.2) is 53.8 Å². The summed E-state index contributed by atoms with van der Waals surface area (Å²) in [7, 11) is 0. The highest BCUT2D eigenvalue weighted by molar-refractivity contribution is 5.89. The van der Waals surface area contributed by atoms with E-state index in [1.807, 2.05) is 0 Å². The second-order valence-electron chi connectivity index (χ2n) is 9.22. The number of halogens is 6. The van der Waals surface area contributed by atoms with Gasteiger partial charge in [0.25, 0.3) is 5.56 Å². The fraction of sp³-hybridized carbons (Fsp3) is 0.192. The van der Waals surface area contributed by atoms with E-state index in [9.17, 15) is 36.4 Å². The number of alkyl halides is 5. The molecule has 1 fully saturated rings. The molecular formula is C26H15F6N7O. The molecule has 0 aliphatic heterocycles. The third-order valence-electron chi connectivity index (χ3n) is 6.66. The summed E-state index contributed by atoms with van der Waals surface area (Å²) in [4.78, 5) is 20.3. The molecule has 0 saturated heterocycles. The highest BCUT2D eigenvalue weighted by atomic mass is 19.4. The van der Waals surface area contributed by atoms with Crippen LogP contribution >= 0.6 is 0 Å². The summed E-state index contributed by atoms with van der Waals surface area (Å²) in [6.45, 7) is -3.03. The van der Waals surface area contributed by atoms with Crippen molar-refractivity contribution in [3.05, 3.63) is 82.0 Å². The summed E-state index contributed by atoms with van der Waals surface area (Å²) in [5.74, 6) is -1.28. The number of benzene rings is 1. The van der Waals surface area contributed by atoms with Crippen molar-refractivity contribution in [2.24, 2.45) is 0 Å². The summed E-state index contributed by atoms with van der Waals surface area (Å²) in [6, 6.07) is 8.01. The molecule has 14 heteroatoms. The van der Waals surface area contributed by atoms with Crippen molar-refractivity contribution < 1.29 is 26.3 Å². The topological polar surface area (TPSA) is 105 Å². The number of aromatic amines is 1. The van der Waals surface area contributed by atoms with Crippen LogP contribution in [-0.2, 0) is 6.18 Å². The summed E-state index contributed by atoms with van der Waals surface area (Å²) < 4.78 is 84.9. The van der Waals surface area contributed by atoms with Crippen LogP contribution in [0.2, 0.25) is 0 Å². The number of pyridine rings is 2. The Morgan fingerprint density at radius 1 is 1.12 bits per heavy atom. The van der Waals surface area contributed by atoms with Gasteiger partial charge in [0, 0.05) is 35.0 Å². The number of nitriles is 1. The van der Waals surface area contributed by atoms with Crippen molar-refractivity contribution >= 4 is 10.9 Å². The Bertz CT molecular complexity index is 1890. The summed E-state index contributed by atoms with van der Waals surface area (Å²) in [5, 5.41) is 16.0. The minimum absolute atomic E-state index is 0.0375. The van der Waals surface area contributed by atoms with E-state index in [1.165, 1.54) is 12.1 Å². The van der Waals surface area contributed by atoms with Crippen molar-refractivity contribution in [2.75, 3.05) is 0 Å². The lowest BCUT2D eigenvalue weighted by Crippen LogP contribution is -2.23. The number of hydrogen-bond acceptors (Lipinski definition) is 5. The normalized spacial score (nSPS) is 13.8. The van der Waals surface area contributed by atoms with Gasteiger partial charge >= 0.3 is 12.7 Å². The fourth-order valence-electron chi connectivity index (χ4n) is 4.65. The number of nitrogens with one attached hydrogen (secondary N) is 1. The highest BCUT2D eigenvalue weighted by Gasteiger charge is 2.36. The Balaban J connectivity index is 1.62. The van der Waals surface area contributed by atoms with Gasteiger partial charge < -0.3 is 4.98 Å². The van der Waals surface area contributed by atoms with Crippen LogP contribution < -0.4 is 5.56 Å². The van der Waals surface area contributed by atoms with Crippen LogP contribution in [0.4, 0.5) is 26.3 Å². The van der Waals surface area contributed by atoms with Crippen molar-refractivity contribution in [3.63, 3.8) is 0 Å². The first-order valence-electron chi connectivity index (χ1n) is 11.8. The van der Waals surface area contributed by atoms with E-state index in [-0.39, 0.29) is 39.8 Å². The van der Waals surface area contributed by atoms with Crippen molar-refractivity contribution in [2.45, 2.75) is 31.5 Å². The lowest BCUT2D eigenvalue weighted by Gasteiger charge is -2.16. The zero-order chi connectivity index (χ0) is 28.3. The lowest BCUT2D eigenvalue weighted by atomic mass is 9.98. The molecule has 4 aromatic heterocycles. The van der Waals surface area contributed by atoms with Gasteiger partial charge in [-0.1, -0.05) is 6.07 Å². The predicted molar refractivity (Wildman–Crippen MR) is 129 cm³/mol. The fourth-order valence-corrected chi connectivity index (χ4v) is 4.65. The van der Waals surface area contributed by atoms with Gasteiger partial charge in [0.2, 0.25) is 0 Å². The minimum Gasteiger partial charge on any atom is -0.355 e. The summed E-state index contributed by atoms with van der Waals surface area (Å²) >= 11 is 0. The molecule has 40 heavy (non-hydrogen) atoms. The first kappa shape index (κ1) is 25.4. The third kappa shape index (κ3) is 4.19. The molecule has 6 rings (SSSR count).